The van der Waals surface area contributed by atoms with Crippen LogP contribution in [-0.2, 0) is 4.74 Å². The topological polar surface area (TPSA) is 14.2 Å². The van der Waals surface area contributed by atoms with Crippen LogP contribution in [0.15, 0.2) is 30.5 Å². The Balaban J connectivity index is 2.09. The Morgan fingerprint density at radius 1 is 1.31 bits per heavy atom. The second-order valence-electron chi connectivity index (χ2n) is 4.27. The van der Waals surface area contributed by atoms with E-state index in [1.54, 1.807) is 0 Å². The fraction of sp³-hybridized carbons (Fsp3) is 0.385. The zero-order chi connectivity index (χ0) is 11.0. The van der Waals surface area contributed by atoms with E-state index >= 15 is 0 Å². The zero-order valence-corrected chi connectivity index (χ0v) is 9.78. The van der Waals surface area contributed by atoms with Crippen molar-refractivity contribution in [3.63, 3.8) is 0 Å². The standard InChI is InChI=1S/C13H14ClNO/c14-12-5-1-3-10-6-7-15(13(10)12)11-4-2-8-16-9-11/h1,3,5-7,11H,2,4,8-9H2. The molecule has 1 saturated heterocycles. The molecule has 2 heterocycles. The monoisotopic (exact) mass is 235 g/mol. The van der Waals surface area contributed by atoms with Crippen LogP contribution in [0.1, 0.15) is 18.9 Å². The van der Waals surface area contributed by atoms with Crippen LogP contribution < -0.4 is 0 Å². The maximum atomic E-state index is 6.26. The fourth-order valence-electron chi connectivity index (χ4n) is 2.42. The van der Waals surface area contributed by atoms with E-state index in [1.807, 2.05) is 12.1 Å². The van der Waals surface area contributed by atoms with E-state index in [9.17, 15) is 0 Å². The number of hydrogen-bond acceptors (Lipinski definition) is 1. The van der Waals surface area contributed by atoms with Crippen molar-refractivity contribution >= 4 is 22.5 Å². The van der Waals surface area contributed by atoms with E-state index in [0.29, 0.717) is 6.04 Å². The van der Waals surface area contributed by atoms with Gasteiger partial charge in [0.2, 0.25) is 0 Å². The Morgan fingerprint density at radius 2 is 2.25 bits per heavy atom. The van der Waals surface area contributed by atoms with Crippen molar-refractivity contribution in [3.8, 4) is 0 Å². The number of halogens is 1. The van der Waals surface area contributed by atoms with Gasteiger partial charge in [-0.3, -0.25) is 0 Å². The van der Waals surface area contributed by atoms with Crippen LogP contribution in [0, 0.1) is 0 Å². The number of benzene rings is 1. The van der Waals surface area contributed by atoms with Gasteiger partial charge in [-0.1, -0.05) is 23.7 Å². The van der Waals surface area contributed by atoms with Crippen LogP contribution in [0.25, 0.3) is 10.9 Å². The predicted octanol–water partition coefficient (Wildman–Crippen LogP) is 3.65. The number of para-hydroxylation sites is 1. The van der Waals surface area contributed by atoms with Gasteiger partial charge < -0.3 is 9.30 Å². The normalized spacial score (nSPS) is 21.4. The van der Waals surface area contributed by atoms with Gasteiger partial charge in [0.15, 0.2) is 0 Å². The zero-order valence-electron chi connectivity index (χ0n) is 9.03. The molecule has 2 nitrogen and oxygen atoms in total. The molecule has 1 atom stereocenters. The second kappa shape index (κ2) is 4.11. The molecule has 0 spiro atoms. The van der Waals surface area contributed by atoms with Gasteiger partial charge in [-0.2, -0.15) is 0 Å². The van der Waals surface area contributed by atoms with Gasteiger partial charge in [-0.05, 0) is 25.0 Å². The highest BCUT2D eigenvalue weighted by molar-refractivity contribution is 6.35. The number of nitrogens with zero attached hydrogens (tertiary/aromatic N) is 1. The molecule has 1 aliphatic rings. The first kappa shape index (κ1) is 10.2. The predicted molar refractivity (Wildman–Crippen MR) is 66.0 cm³/mol. The number of fused-ring (bicyclic) bond motifs is 1. The van der Waals surface area contributed by atoms with Gasteiger partial charge in [0.05, 0.1) is 23.2 Å². The second-order valence-corrected chi connectivity index (χ2v) is 4.68. The summed E-state index contributed by atoms with van der Waals surface area (Å²) in [4.78, 5) is 0. The minimum absolute atomic E-state index is 0.436. The van der Waals surface area contributed by atoms with Crippen LogP contribution in [0.4, 0.5) is 0 Å². The van der Waals surface area contributed by atoms with E-state index < -0.39 is 0 Å². The number of ether oxygens (including phenoxy) is 1. The molecule has 0 aliphatic carbocycles. The van der Waals surface area contributed by atoms with Crippen molar-refractivity contribution in [1.29, 1.82) is 0 Å². The van der Waals surface area contributed by atoms with Gasteiger partial charge in [0.1, 0.15) is 0 Å². The number of rotatable bonds is 1. The summed E-state index contributed by atoms with van der Waals surface area (Å²) < 4.78 is 7.79. The Morgan fingerprint density at radius 3 is 3.06 bits per heavy atom. The van der Waals surface area contributed by atoms with Crippen molar-refractivity contribution < 1.29 is 4.74 Å². The molecule has 1 aromatic heterocycles. The minimum Gasteiger partial charge on any atom is -0.379 e. The molecule has 0 saturated carbocycles. The minimum atomic E-state index is 0.436. The smallest absolute Gasteiger partial charge is 0.0673 e. The highest BCUT2D eigenvalue weighted by Crippen LogP contribution is 2.30. The quantitative estimate of drug-likeness (QED) is 0.736. The van der Waals surface area contributed by atoms with E-state index in [0.717, 1.165) is 30.2 Å². The Labute approximate surface area is 99.8 Å². The molecule has 3 heteroatoms. The van der Waals surface area contributed by atoms with Crippen molar-refractivity contribution in [2.75, 3.05) is 13.2 Å². The summed E-state index contributed by atoms with van der Waals surface area (Å²) >= 11 is 6.26. The van der Waals surface area contributed by atoms with E-state index in [-0.39, 0.29) is 0 Å². The maximum Gasteiger partial charge on any atom is 0.0673 e. The fourth-order valence-corrected chi connectivity index (χ4v) is 2.70. The van der Waals surface area contributed by atoms with Crippen molar-refractivity contribution in [2.24, 2.45) is 0 Å². The Bertz CT molecular complexity index is 500. The summed E-state index contributed by atoms with van der Waals surface area (Å²) in [6.45, 7) is 1.69. The lowest BCUT2D eigenvalue weighted by Crippen LogP contribution is -2.20. The summed E-state index contributed by atoms with van der Waals surface area (Å²) in [5.41, 5.74) is 1.14. The van der Waals surface area contributed by atoms with Gasteiger partial charge in [-0.15, -0.1) is 0 Å². The Hall–Kier alpha value is -0.990. The van der Waals surface area contributed by atoms with Crippen LogP contribution in [0.2, 0.25) is 5.02 Å². The molecular formula is C13H14ClNO. The molecular weight excluding hydrogens is 222 g/mol. The largest absolute Gasteiger partial charge is 0.379 e. The molecule has 0 radical (unpaired) electrons. The molecule has 1 unspecified atom stereocenters. The lowest BCUT2D eigenvalue weighted by Gasteiger charge is -2.24. The Kier molecular flexibility index (Phi) is 2.62. The van der Waals surface area contributed by atoms with Crippen LogP contribution in [0.5, 0.6) is 0 Å². The first-order valence-electron chi connectivity index (χ1n) is 5.69. The summed E-state index contributed by atoms with van der Waals surface area (Å²) in [5, 5.41) is 2.03. The van der Waals surface area contributed by atoms with E-state index in [2.05, 4.69) is 22.9 Å². The molecule has 1 aromatic carbocycles. The number of hydrogen-bond donors (Lipinski definition) is 0. The summed E-state index contributed by atoms with van der Waals surface area (Å²) in [7, 11) is 0. The average molecular weight is 236 g/mol. The molecule has 2 aromatic rings. The highest BCUT2D eigenvalue weighted by Gasteiger charge is 2.17. The molecule has 1 fully saturated rings. The summed E-state index contributed by atoms with van der Waals surface area (Å²) in [6.07, 6.45) is 4.43. The van der Waals surface area contributed by atoms with E-state index in [1.165, 1.54) is 11.8 Å². The van der Waals surface area contributed by atoms with Crippen LogP contribution >= 0.6 is 11.6 Å². The maximum absolute atomic E-state index is 6.26. The average Bonchev–Trinajstić information content (AvgIpc) is 2.75. The number of aromatic nitrogens is 1. The lowest BCUT2D eigenvalue weighted by atomic mass is 10.1. The van der Waals surface area contributed by atoms with Gasteiger partial charge >= 0.3 is 0 Å². The van der Waals surface area contributed by atoms with Crippen molar-refractivity contribution in [2.45, 2.75) is 18.9 Å². The van der Waals surface area contributed by atoms with Crippen LogP contribution in [-0.4, -0.2) is 17.8 Å². The third-order valence-corrected chi connectivity index (χ3v) is 3.53. The summed E-state index contributed by atoms with van der Waals surface area (Å²) in [5.74, 6) is 0. The third-order valence-electron chi connectivity index (χ3n) is 3.22. The molecule has 1 aliphatic heterocycles. The first-order valence-corrected chi connectivity index (χ1v) is 6.07. The molecule has 84 valence electrons. The van der Waals surface area contributed by atoms with Gasteiger partial charge in [-0.25, -0.2) is 0 Å². The SMILES string of the molecule is Clc1cccc2ccn(C3CCCOC3)c12. The van der Waals surface area contributed by atoms with E-state index in [4.69, 9.17) is 16.3 Å². The molecule has 3 rings (SSSR count). The van der Waals surface area contributed by atoms with Gasteiger partial charge in [0, 0.05) is 18.2 Å². The highest BCUT2D eigenvalue weighted by atomic mass is 35.5. The van der Waals surface area contributed by atoms with Crippen molar-refractivity contribution in [1.82, 2.24) is 4.57 Å². The summed E-state index contributed by atoms with van der Waals surface area (Å²) in [6, 6.07) is 8.60. The third kappa shape index (κ3) is 1.62. The molecule has 0 bridgehead atoms. The molecule has 16 heavy (non-hydrogen) atoms. The lowest BCUT2D eigenvalue weighted by molar-refractivity contribution is 0.0606. The van der Waals surface area contributed by atoms with Crippen molar-refractivity contribution in [3.05, 3.63) is 35.5 Å². The molecule has 0 amide bonds. The van der Waals surface area contributed by atoms with Crippen LogP contribution in [0.3, 0.4) is 0 Å². The van der Waals surface area contributed by atoms with Gasteiger partial charge in [0.25, 0.3) is 0 Å². The first-order chi connectivity index (χ1) is 7.86. The molecule has 0 N–H and O–H groups in total.